The second kappa shape index (κ2) is 4.81. The molecule has 5 heteroatoms. The first kappa shape index (κ1) is 10.7. The number of hydrogen-bond acceptors (Lipinski definition) is 2. The van der Waals surface area contributed by atoms with Crippen LogP contribution in [0.2, 0.25) is 0 Å². The lowest BCUT2D eigenvalue weighted by molar-refractivity contribution is 0.981. The molecule has 0 atom stereocenters. The van der Waals surface area contributed by atoms with Crippen molar-refractivity contribution in [3.63, 3.8) is 0 Å². The number of aromatic amines is 1. The van der Waals surface area contributed by atoms with Gasteiger partial charge in [-0.2, -0.15) is 5.10 Å². The minimum Gasteiger partial charge on any atom is -0.378 e. The van der Waals surface area contributed by atoms with E-state index in [9.17, 15) is 0 Å². The molecule has 2 rings (SSSR count). The van der Waals surface area contributed by atoms with Crippen LogP contribution < -0.4 is 5.32 Å². The molecule has 2 N–H and O–H groups in total. The van der Waals surface area contributed by atoms with Crippen molar-refractivity contribution in [1.29, 1.82) is 0 Å². The molecule has 3 nitrogen and oxygen atoms in total. The zero-order chi connectivity index (χ0) is 10.7. The summed E-state index contributed by atoms with van der Waals surface area (Å²) in [7, 11) is 0. The zero-order valence-corrected chi connectivity index (χ0v) is 11.0. The van der Waals surface area contributed by atoms with E-state index in [1.807, 2.05) is 24.3 Å². The molecule has 1 aromatic carbocycles. The number of nitrogens with one attached hydrogen (secondary N) is 2. The van der Waals surface area contributed by atoms with E-state index in [0.717, 1.165) is 26.9 Å². The summed E-state index contributed by atoms with van der Waals surface area (Å²) in [5.41, 5.74) is 2.12. The lowest BCUT2D eigenvalue weighted by atomic mass is 10.3. The van der Waals surface area contributed by atoms with E-state index < -0.39 is 0 Å². The van der Waals surface area contributed by atoms with Crippen molar-refractivity contribution >= 4 is 37.5 Å². The van der Waals surface area contributed by atoms with Gasteiger partial charge in [-0.3, -0.25) is 5.10 Å². The monoisotopic (exact) mass is 329 g/mol. The van der Waals surface area contributed by atoms with Gasteiger partial charge in [-0.25, -0.2) is 0 Å². The molecule has 0 saturated carbocycles. The van der Waals surface area contributed by atoms with Gasteiger partial charge in [-0.1, -0.05) is 15.9 Å². The van der Waals surface area contributed by atoms with E-state index in [4.69, 9.17) is 0 Å². The SMILES string of the molecule is Brc1ccc(NCc2ccn[nH]2)c(Br)c1. The van der Waals surface area contributed by atoms with Crippen LogP contribution in [0.4, 0.5) is 5.69 Å². The molecule has 0 aliphatic heterocycles. The maximum atomic E-state index is 3.89. The topological polar surface area (TPSA) is 40.7 Å². The van der Waals surface area contributed by atoms with Gasteiger partial charge >= 0.3 is 0 Å². The van der Waals surface area contributed by atoms with E-state index >= 15 is 0 Å². The first-order chi connectivity index (χ1) is 7.25. The summed E-state index contributed by atoms with van der Waals surface area (Å²) in [5.74, 6) is 0. The summed E-state index contributed by atoms with van der Waals surface area (Å²) in [5, 5.41) is 10.1. The molecular formula is C10H9Br2N3. The van der Waals surface area contributed by atoms with Crippen LogP contribution in [0.15, 0.2) is 39.4 Å². The number of halogens is 2. The van der Waals surface area contributed by atoms with Crippen LogP contribution >= 0.6 is 31.9 Å². The maximum absolute atomic E-state index is 3.89. The van der Waals surface area contributed by atoms with Crippen LogP contribution in [0.1, 0.15) is 5.69 Å². The van der Waals surface area contributed by atoms with Gasteiger partial charge in [0.15, 0.2) is 0 Å². The van der Waals surface area contributed by atoms with E-state index in [0.29, 0.717) is 0 Å². The number of hydrogen-bond donors (Lipinski definition) is 2. The molecule has 1 heterocycles. The quantitative estimate of drug-likeness (QED) is 0.903. The number of benzene rings is 1. The minimum atomic E-state index is 0.736. The highest BCUT2D eigenvalue weighted by Gasteiger charge is 2.00. The molecule has 0 bridgehead atoms. The van der Waals surface area contributed by atoms with Crippen molar-refractivity contribution in [2.45, 2.75) is 6.54 Å². The molecule has 0 aliphatic rings. The minimum absolute atomic E-state index is 0.736. The third-order valence-electron chi connectivity index (χ3n) is 1.96. The van der Waals surface area contributed by atoms with Gasteiger partial charge in [0.05, 0.1) is 12.2 Å². The molecule has 0 amide bonds. The fourth-order valence-corrected chi connectivity index (χ4v) is 2.39. The summed E-state index contributed by atoms with van der Waals surface area (Å²) >= 11 is 6.91. The van der Waals surface area contributed by atoms with Crippen LogP contribution in [-0.2, 0) is 6.54 Å². The molecular weight excluding hydrogens is 322 g/mol. The summed E-state index contributed by atoms with van der Waals surface area (Å²) < 4.78 is 2.10. The average Bonchev–Trinajstić information content (AvgIpc) is 2.69. The molecule has 78 valence electrons. The standard InChI is InChI=1S/C10H9Br2N3/c11-7-1-2-10(9(12)5-7)13-6-8-3-4-14-15-8/h1-5,13H,6H2,(H,14,15). The Labute approximate surface area is 105 Å². The Morgan fingerprint density at radius 2 is 2.13 bits per heavy atom. The van der Waals surface area contributed by atoms with Gasteiger partial charge in [0, 0.05) is 20.8 Å². The van der Waals surface area contributed by atoms with E-state index in [1.54, 1.807) is 6.20 Å². The van der Waals surface area contributed by atoms with Gasteiger partial charge in [-0.15, -0.1) is 0 Å². The van der Waals surface area contributed by atoms with Crippen LogP contribution in [0.3, 0.4) is 0 Å². The second-order valence-electron chi connectivity index (χ2n) is 3.06. The number of H-pyrrole nitrogens is 1. The lowest BCUT2D eigenvalue weighted by Crippen LogP contribution is -2.00. The molecule has 0 unspecified atom stereocenters. The Bertz CT molecular complexity index is 440. The van der Waals surface area contributed by atoms with Crippen molar-refractivity contribution in [3.8, 4) is 0 Å². The van der Waals surface area contributed by atoms with Crippen LogP contribution in [-0.4, -0.2) is 10.2 Å². The number of rotatable bonds is 3. The van der Waals surface area contributed by atoms with Crippen molar-refractivity contribution in [1.82, 2.24) is 10.2 Å². The maximum Gasteiger partial charge on any atom is 0.0568 e. The normalized spacial score (nSPS) is 10.3. The van der Waals surface area contributed by atoms with Crippen molar-refractivity contribution in [2.24, 2.45) is 0 Å². The third kappa shape index (κ3) is 2.82. The largest absolute Gasteiger partial charge is 0.378 e. The van der Waals surface area contributed by atoms with Crippen LogP contribution in [0.5, 0.6) is 0 Å². The highest BCUT2D eigenvalue weighted by molar-refractivity contribution is 9.11. The molecule has 0 spiro atoms. The fraction of sp³-hybridized carbons (Fsp3) is 0.100. The van der Waals surface area contributed by atoms with Gasteiger partial charge in [0.1, 0.15) is 0 Å². The molecule has 0 fully saturated rings. The van der Waals surface area contributed by atoms with E-state index in [-0.39, 0.29) is 0 Å². The smallest absolute Gasteiger partial charge is 0.0568 e. The first-order valence-corrected chi connectivity index (χ1v) is 6.01. The van der Waals surface area contributed by atoms with Crippen molar-refractivity contribution in [3.05, 3.63) is 45.1 Å². The average molecular weight is 331 g/mol. The Morgan fingerprint density at radius 3 is 2.80 bits per heavy atom. The predicted molar refractivity (Wildman–Crippen MR) is 67.8 cm³/mol. The molecule has 0 radical (unpaired) electrons. The number of aromatic nitrogens is 2. The van der Waals surface area contributed by atoms with Crippen LogP contribution in [0, 0.1) is 0 Å². The lowest BCUT2D eigenvalue weighted by Gasteiger charge is -2.07. The Kier molecular flexibility index (Phi) is 3.43. The Balaban J connectivity index is 2.05. The molecule has 2 aromatic rings. The molecule has 0 aliphatic carbocycles. The fourth-order valence-electron chi connectivity index (χ4n) is 1.21. The summed E-state index contributed by atoms with van der Waals surface area (Å²) in [6, 6.07) is 7.97. The van der Waals surface area contributed by atoms with Gasteiger partial charge < -0.3 is 5.32 Å². The highest BCUT2D eigenvalue weighted by Crippen LogP contribution is 2.26. The second-order valence-corrected chi connectivity index (χ2v) is 4.83. The summed E-state index contributed by atoms with van der Waals surface area (Å²) in [6.07, 6.45) is 1.74. The molecule has 0 saturated heterocycles. The highest BCUT2D eigenvalue weighted by atomic mass is 79.9. The van der Waals surface area contributed by atoms with Crippen molar-refractivity contribution in [2.75, 3.05) is 5.32 Å². The molecule has 15 heavy (non-hydrogen) atoms. The first-order valence-electron chi connectivity index (χ1n) is 4.43. The van der Waals surface area contributed by atoms with Gasteiger partial charge in [0.25, 0.3) is 0 Å². The van der Waals surface area contributed by atoms with E-state index in [2.05, 4.69) is 47.4 Å². The summed E-state index contributed by atoms with van der Waals surface area (Å²) in [4.78, 5) is 0. The van der Waals surface area contributed by atoms with Crippen molar-refractivity contribution < 1.29 is 0 Å². The van der Waals surface area contributed by atoms with Crippen LogP contribution in [0.25, 0.3) is 0 Å². The Morgan fingerprint density at radius 1 is 1.27 bits per heavy atom. The Hall–Kier alpha value is -0.810. The number of anilines is 1. The molecule has 1 aromatic heterocycles. The van der Waals surface area contributed by atoms with E-state index in [1.165, 1.54) is 0 Å². The predicted octanol–water partition coefficient (Wildman–Crippen LogP) is 3.55. The van der Waals surface area contributed by atoms with Gasteiger partial charge in [0.2, 0.25) is 0 Å². The number of nitrogens with zero attached hydrogens (tertiary/aromatic N) is 1. The summed E-state index contributed by atoms with van der Waals surface area (Å²) in [6.45, 7) is 0.736. The van der Waals surface area contributed by atoms with Gasteiger partial charge in [-0.05, 0) is 40.2 Å². The zero-order valence-electron chi connectivity index (χ0n) is 7.80. The third-order valence-corrected chi connectivity index (χ3v) is 3.11.